The van der Waals surface area contributed by atoms with E-state index in [4.69, 9.17) is 31.3 Å². The number of carboxylic acid groups (broad SMARTS) is 2. The number of hydrogen-bond donors (Lipinski definition) is 4. The second kappa shape index (κ2) is 47.6. The molecule has 0 spiro atoms. The van der Waals surface area contributed by atoms with Gasteiger partial charge in [-0.05, 0) is 25.9 Å². The van der Waals surface area contributed by atoms with Gasteiger partial charge in [0, 0.05) is 13.8 Å². The third kappa shape index (κ3) is 76.7. The van der Waals surface area contributed by atoms with Crippen LogP contribution in [-0.2, 0) is 9.59 Å². The Morgan fingerprint density at radius 3 is 0.625 bits per heavy atom. The second-order valence-corrected chi connectivity index (χ2v) is 11.1. The summed E-state index contributed by atoms with van der Waals surface area (Å²) in [5.41, 5.74) is 10.9. The van der Waals surface area contributed by atoms with E-state index in [-0.39, 0.29) is 0 Å². The summed E-state index contributed by atoms with van der Waals surface area (Å²) in [6.07, 6.45) is 36.8. The lowest BCUT2D eigenvalue weighted by Crippen LogP contribution is -1.97. The van der Waals surface area contributed by atoms with Gasteiger partial charge >= 0.3 is 0 Å². The molecule has 244 valence electrons. The molecule has 40 heavy (non-hydrogen) atoms. The minimum atomic E-state index is -0.833. The topological polar surface area (TPSA) is 127 Å². The predicted molar refractivity (Wildman–Crippen MR) is 176 cm³/mol. The van der Waals surface area contributed by atoms with E-state index in [1.54, 1.807) is 0 Å². The molecule has 0 saturated heterocycles. The summed E-state index contributed by atoms with van der Waals surface area (Å²) in [6.45, 7) is 8.47. The van der Waals surface area contributed by atoms with E-state index in [1.807, 2.05) is 0 Å². The maximum atomic E-state index is 9.00. The van der Waals surface area contributed by atoms with Gasteiger partial charge in [-0.25, -0.2) is 0 Å². The van der Waals surface area contributed by atoms with Gasteiger partial charge < -0.3 is 21.7 Å². The standard InChI is InChI=1S/C18H39N.C12H27N.2C2H4O2/c1-2-3-4-5-6-7-8-9-10-11-12-13-14-15-16-17-18-19;1-2-3-4-5-6-7-8-9-10-11-12-13;2*1-2(3)4/h2-19H2,1H3;2-13H2,1H3;2*1H3,(H,3,4). The molecule has 0 rings (SSSR count). The molecule has 0 heterocycles. The van der Waals surface area contributed by atoms with Crippen molar-refractivity contribution in [2.45, 2.75) is 195 Å². The maximum Gasteiger partial charge on any atom is 0.300 e. The van der Waals surface area contributed by atoms with Gasteiger partial charge in [-0.15, -0.1) is 0 Å². The normalized spacial score (nSPS) is 9.95. The lowest BCUT2D eigenvalue weighted by molar-refractivity contribution is -0.135. The third-order valence-corrected chi connectivity index (χ3v) is 6.62. The molecule has 6 heteroatoms. The van der Waals surface area contributed by atoms with Gasteiger partial charge in [0.05, 0.1) is 0 Å². The van der Waals surface area contributed by atoms with Gasteiger partial charge in [0.1, 0.15) is 0 Å². The van der Waals surface area contributed by atoms with Crippen LogP contribution in [0.15, 0.2) is 0 Å². The summed E-state index contributed by atoms with van der Waals surface area (Å²) >= 11 is 0. The molecule has 0 amide bonds. The van der Waals surface area contributed by atoms with E-state index in [0.29, 0.717) is 0 Å². The molecule has 0 aliphatic rings. The molecular formula is C34H74N2O4. The Kier molecular flexibility index (Phi) is 54.6. The van der Waals surface area contributed by atoms with Crippen LogP contribution in [0.5, 0.6) is 0 Å². The van der Waals surface area contributed by atoms with Gasteiger partial charge in [-0.1, -0.05) is 168 Å². The highest BCUT2D eigenvalue weighted by molar-refractivity contribution is 5.63. The van der Waals surface area contributed by atoms with Crippen LogP contribution in [0.4, 0.5) is 0 Å². The SMILES string of the molecule is CC(=O)O.CC(=O)O.CCCCCCCCCCCCCCCCCCN.CCCCCCCCCCCCN. The summed E-state index contributed by atoms with van der Waals surface area (Å²) in [6, 6.07) is 0. The highest BCUT2D eigenvalue weighted by Gasteiger charge is 1.94. The van der Waals surface area contributed by atoms with E-state index in [9.17, 15) is 0 Å². The average Bonchev–Trinajstić information content (AvgIpc) is 2.90. The lowest BCUT2D eigenvalue weighted by Gasteiger charge is -2.03. The number of rotatable bonds is 26. The van der Waals surface area contributed by atoms with Crippen LogP contribution in [-0.4, -0.2) is 35.2 Å². The fourth-order valence-electron chi connectivity index (χ4n) is 4.32. The van der Waals surface area contributed by atoms with Gasteiger partial charge in [0.15, 0.2) is 0 Å². The highest BCUT2D eigenvalue weighted by Crippen LogP contribution is 2.13. The van der Waals surface area contributed by atoms with Crippen molar-refractivity contribution >= 4 is 11.9 Å². The quantitative estimate of drug-likeness (QED) is 0.0761. The molecule has 0 radical (unpaired) electrons. The minimum Gasteiger partial charge on any atom is -0.481 e. The van der Waals surface area contributed by atoms with Crippen LogP contribution < -0.4 is 11.5 Å². The summed E-state index contributed by atoms with van der Waals surface area (Å²) in [5.74, 6) is -1.67. The summed E-state index contributed by atoms with van der Waals surface area (Å²) in [7, 11) is 0. The molecule has 0 aromatic carbocycles. The Labute approximate surface area is 250 Å². The summed E-state index contributed by atoms with van der Waals surface area (Å²) < 4.78 is 0. The number of carboxylic acids is 2. The van der Waals surface area contributed by atoms with Crippen LogP contribution in [0.2, 0.25) is 0 Å². The van der Waals surface area contributed by atoms with Crippen LogP contribution in [0.1, 0.15) is 195 Å². The molecule has 6 N–H and O–H groups in total. The summed E-state index contributed by atoms with van der Waals surface area (Å²) in [5, 5.41) is 14.8. The Hall–Kier alpha value is -1.14. The zero-order valence-electron chi connectivity index (χ0n) is 27.7. The first-order valence-electron chi connectivity index (χ1n) is 17.1. The maximum absolute atomic E-state index is 9.00. The van der Waals surface area contributed by atoms with Crippen molar-refractivity contribution in [3.05, 3.63) is 0 Å². The van der Waals surface area contributed by atoms with Crippen LogP contribution in [0.3, 0.4) is 0 Å². The van der Waals surface area contributed by atoms with Crippen molar-refractivity contribution in [2.24, 2.45) is 11.5 Å². The first-order valence-corrected chi connectivity index (χ1v) is 17.1. The molecule has 6 nitrogen and oxygen atoms in total. The number of aliphatic carboxylic acids is 2. The lowest BCUT2D eigenvalue weighted by atomic mass is 10.0. The van der Waals surface area contributed by atoms with Crippen molar-refractivity contribution < 1.29 is 19.8 Å². The van der Waals surface area contributed by atoms with Crippen LogP contribution >= 0.6 is 0 Å². The fraction of sp³-hybridized carbons (Fsp3) is 0.941. The number of nitrogens with two attached hydrogens (primary N) is 2. The fourth-order valence-corrected chi connectivity index (χ4v) is 4.32. The smallest absolute Gasteiger partial charge is 0.300 e. The molecule has 0 aliphatic carbocycles. The number of hydrogen-bond acceptors (Lipinski definition) is 4. The molecule has 0 aromatic heterocycles. The Morgan fingerprint density at radius 2 is 0.500 bits per heavy atom. The second-order valence-electron chi connectivity index (χ2n) is 11.1. The highest BCUT2D eigenvalue weighted by atomic mass is 16.4. The van der Waals surface area contributed by atoms with Crippen molar-refractivity contribution in [1.29, 1.82) is 0 Å². The van der Waals surface area contributed by atoms with E-state index in [1.165, 1.54) is 167 Å². The van der Waals surface area contributed by atoms with Crippen molar-refractivity contribution in [3.63, 3.8) is 0 Å². The molecule has 0 aromatic rings. The van der Waals surface area contributed by atoms with E-state index in [0.717, 1.165) is 26.9 Å². The minimum absolute atomic E-state index is 0.833. The van der Waals surface area contributed by atoms with Crippen molar-refractivity contribution in [2.75, 3.05) is 13.1 Å². The molecular weight excluding hydrogens is 500 g/mol. The number of carbonyl (C=O) groups is 2. The monoisotopic (exact) mass is 575 g/mol. The van der Waals surface area contributed by atoms with Gasteiger partial charge in [0.2, 0.25) is 0 Å². The van der Waals surface area contributed by atoms with E-state index < -0.39 is 11.9 Å². The Balaban J connectivity index is -0.000000264. The van der Waals surface area contributed by atoms with E-state index in [2.05, 4.69) is 13.8 Å². The van der Waals surface area contributed by atoms with Gasteiger partial charge in [-0.3, -0.25) is 9.59 Å². The molecule has 0 atom stereocenters. The van der Waals surface area contributed by atoms with Crippen molar-refractivity contribution in [1.82, 2.24) is 0 Å². The molecule has 0 aliphatic heterocycles. The largest absolute Gasteiger partial charge is 0.481 e. The molecule has 0 unspecified atom stereocenters. The molecule has 0 fully saturated rings. The Bertz CT molecular complexity index is 402. The van der Waals surface area contributed by atoms with Crippen molar-refractivity contribution in [3.8, 4) is 0 Å². The molecule has 0 bridgehead atoms. The third-order valence-electron chi connectivity index (χ3n) is 6.62. The van der Waals surface area contributed by atoms with Crippen LogP contribution in [0, 0.1) is 0 Å². The number of unbranched alkanes of at least 4 members (excludes halogenated alkanes) is 24. The zero-order chi connectivity index (χ0) is 31.0. The van der Waals surface area contributed by atoms with E-state index >= 15 is 0 Å². The first kappa shape index (κ1) is 45.8. The zero-order valence-corrected chi connectivity index (χ0v) is 27.7. The first-order chi connectivity index (χ1) is 19.3. The van der Waals surface area contributed by atoms with Gasteiger partial charge in [-0.2, -0.15) is 0 Å². The average molecular weight is 575 g/mol. The van der Waals surface area contributed by atoms with Gasteiger partial charge in [0.25, 0.3) is 11.9 Å². The van der Waals surface area contributed by atoms with Crippen LogP contribution in [0.25, 0.3) is 0 Å². The summed E-state index contributed by atoms with van der Waals surface area (Å²) in [4.78, 5) is 18.0. The predicted octanol–water partition coefficient (Wildman–Crippen LogP) is 10.3. The molecule has 0 saturated carbocycles. The Morgan fingerprint density at radius 1 is 0.375 bits per heavy atom.